The lowest BCUT2D eigenvalue weighted by Crippen LogP contribution is -2.23. The Hall–Kier alpha value is -0.410. The van der Waals surface area contributed by atoms with E-state index in [0.717, 1.165) is 11.0 Å². The number of hydrogen-bond acceptors (Lipinski definition) is 2. The van der Waals surface area contributed by atoms with E-state index in [1.807, 2.05) is 12.3 Å². The number of nitrogens with one attached hydrogen (secondary N) is 1. The van der Waals surface area contributed by atoms with Crippen LogP contribution in [0, 0.1) is 0 Å². The first-order valence-corrected chi connectivity index (χ1v) is 5.48. The Morgan fingerprint density at radius 2 is 2.54 bits per heavy atom. The summed E-state index contributed by atoms with van der Waals surface area (Å²) in [4.78, 5) is 4.21. The van der Waals surface area contributed by atoms with Gasteiger partial charge in [0.05, 0.1) is 0 Å². The molecule has 0 bridgehead atoms. The van der Waals surface area contributed by atoms with Crippen molar-refractivity contribution in [3.8, 4) is 0 Å². The maximum atomic E-state index is 4.21. The minimum atomic E-state index is 0.653. The fourth-order valence-corrected chi connectivity index (χ4v) is 2.18. The van der Waals surface area contributed by atoms with Crippen LogP contribution in [-0.2, 0) is 6.42 Å². The maximum Gasteiger partial charge on any atom is 0.109 e. The van der Waals surface area contributed by atoms with Crippen LogP contribution in [0.3, 0.4) is 0 Å². The molecule has 13 heavy (non-hydrogen) atoms. The molecule has 2 nitrogen and oxygen atoms in total. The maximum absolute atomic E-state index is 4.21. The zero-order chi connectivity index (χ0) is 9.10. The van der Waals surface area contributed by atoms with Gasteiger partial charge in [-0.15, -0.1) is 0 Å². The molecule has 0 aromatic carbocycles. The van der Waals surface area contributed by atoms with E-state index in [4.69, 9.17) is 0 Å². The molecule has 0 radical (unpaired) electrons. The molecule has 2 heterocycles. The molecule has 1 saturated heterocycles. The molecule has 3 heteroatoms. The molecule has 1 aromatic rings. The van der Waals surface area contributed by atoms with E-state index in [0.29, 0.717) is 6.04 Å². The van der Waals surface area contributed by atoms with Crippen molar-refractivity contribution in [2.75, 3.05) is 6.54 Å². The Balaban J connectivity index is 2.04. The Kier molecular flexibility index (Phi) is 2.96. The molecule has 1 fully saturated rings. The highest BCUT2D eigenvalue weighted by Crippen LogP contribution is 2.17. The zero-order valence-electron chi connectivity index (χ0n) is 7.46. The lowest BCUT2D eigenvalue weighted by atomic mass is 10.1. The van der Waals surface area contributed by atoms with E-state index >= 15 is 0 Å². The highest BCUT2D eigenvalue weighted by atomic mass is 79.9. The average molecular weight is 241 g/mol. The topological polar surface area (TPSA) is 24.9 Å². The lowest BCUT2D eigenvalue weighted by Gasteiger charge is -2.10. The van der Waals surface area contributed by atoms with Crippen LogP contribution in [0.25, 0.3) is 0 Å². The first-order chi connectivity index (χ1) is 6.36. The Morgan fingerprint density at radius 1 is 1.62 bits per heavy atom. The van der Waals surface area contributed by atoms with Gasteiger partial charge in [0.1, 0.15) is 4.60 Å². The van der Waals surface area contributed by atoms with E-state index in [1.165, 1.54) is 24.9 Å². The monoisotopic (exact) mass is 240 g/mol. The van der Waals surface area contributed by atoms with Crippen molar-refractivity contribution in [1.29, 1.82) is 0 Å². The summed E-state index contributed by atoms with van der Waals surface area (Å²) in [5, 5.41) is 3.48. The lowest BCUT2D eigenvalue weighted by molar-refractivity contribution is 0.600. The quantitative estimate of drug-likeness (QED) is 0.802. The van der Waals surface area contributed by atoms with Gasteiger partial charge in [0.15, 0.2) is 0 Å². The van der Waals surface area contributed by atoms with Gasteiger partial charge in [-0.05, 0) is 53.4 Å². The summed E-state index contributed by atoms with van der Waals surface area (Å²) in [5.41, 5.74) is 1.31. The minimum absolute atomic E-state index is 0.653. The van der Waals surface area contributed by atoms with Crippen molar-refractivity contribution in [2.45, 2.75) is 25.3 Å². The van der Waals surface area contributed by atoms with Gasteiger partial charge in [0.2, 0.25) is 0 Å². The predicted molar refractivity (Wildman–Crippen MR) is 56.7 cm³/mol. The van der Waals surface area contributed by atoms with Crippen molar-refractivity contribution in [3.63, 3.8) is 0 Å². The van der Waals surface area contributed by atoms with E-state index in [-0.39, 0.29) is 0 Å². The van der Waals surface area contributed by atoms with Gasteiger partial charge >= 0.3 is 0 Å². The third-order valence-corrected chi connectivity index (χ3v) is 3.18. The fraction of sp³-hybridized carbons (Fsp3) is 0.500. The van der Waals surface area contributed by atoms with Gasteiger partial charge in [0.25, 0.3) is 0 Å². The second-order valence-corrected chi connectivity index (χ2v) is 4.20. The van der Waals surface area contributed by atoms with E-state index < -0.39 is 0 Å². The van der Waals surface area contributed by atoms with E-state index in [2.05, 4.69) is 32.3 Å². The summed E-state index contributed by atoms with van der Waals surface area (Å²) in [6.07, 6.45) is 5.51. The number of aromatic nitrogens is 1. The molecule has 1 atom stereocenters. The SMILES string of the molecule is Brc1ncccc1CC1CCCN1. The molecule has 1 N–H and O–H groups in total. The van der Waals surface area contributed by atoms with E-state index in [9.17, 15) is 0 Å². The van der Waals surface area contributed by atoms with Gasteiger partial charge < -0.3 is 5.32 Å². The van der Waals surface area contributed by atoms with Crippen molar-refractivity contribution in [2.24, 2.45) is 0 Å². The molecule has 2 rings (SSSR count). The molecule has 1 aliphatic heterocycles. The Labute approximate surface area is 86.9 Å². The van der Waals surface area contributed by atoms with Crippen molar-refractivity contribution >= 4 is 15.9 Å². The summed E-state index contributed by atoms with van der Waals surface area (Å²) in [6, 6.07) is 4.78. The Bertz CT molecular complexity index is 282. The largest absolute Gasteiger partial charge is 0.314 e. The highest BCUT2D eigenvalue weighted by Gasteiger charge is 2.15. The third-order valence-electron chi connectivity index (χ3n) is 2.47. The standard InChI is InChI=1S/C10H13BrN2/c11-10-8(3-1-6-13-10)7-9-4-2-5-12-9/h1,3,6,9,12H,2,4-5,7H2. The van der Waals surface area contributed by atoms with Crippen molar-refractivity contribution in [3.05, 3.63) is 28.5 Å². The van der Waals surface area contributed by atoms with Crippen LogP contribution in [0.4, 0.5) is 0 Å². The molecule has 1 aliphatic rings. The van der Waals surface area contributed by atoms with E-state index in [1.54, 1.807) is 0 Å². The van der Waals surface area contributed by atoms with Gasteiger partial charge in [0, 0.05) is 12.2 Å². The number of halogens is 1. The second-order valence-electron chi connectivity index (χ2n) is 3.45. The number of pyridine rings is 1. The zero-order valence-corrected chi connectivity index (χ0v) is 9.05. The summed E-state index contributed by atoms with van der Waals surface area (Å²) >= 11 is 3.46. The third kappa shape index (κ3) is 2.29. The minimum Gasteiger partial charge on any atom is -0.314 e. The number of hydrogen-bond donors (Lipinski definition) is 1. The van der Waals surface area contributed by atoms with Gasteiger partial charge in [-0.1, -0.05) is 6.07 Å². The van der Waals surface area contributed by atoms with Gasteiger partial charge in [-0.3, -0.25) is 0 Å². The van der Waals surface area contributed by atoms with Crippen LogP contribution in [0.1, 0.15) is 18.4 Å². The second kappa shape index (κ2) is 4.20. The molecule has 0 saturated carbocycles. The van der Waals surface area contributed by atoms with Crippen LogP contribution >= 0.6 is 15.9 Å². The highest BCUT2D eigenvalue weighted by molar-refractivity contribution is 9.10. The van der Waals surface area contributed by atoms with Crippen LogP contribution < -0.4 is 5.32 Å². The molecular formula is C10H13BrN2. The van der Waals surface area contributed by atoms with Crippen LogP contribution in [0.5, 0.6) is 0 Å². The first-order valence-electron chi connectivity index (χ1n) is 4.69. The molecule has 0 amide bonds. The van der Waals surface area contributed by atoms with Gasteiger partial charge in [-0.2, -0.15) is 0 Å². The van der Waals surface area contributed by atoms with Gasteiger partial charge in [-0.25, -0.2) is 4.98 Å². The van der Waals surface area contributed by atoms with Crippen LogP contribution in [0.2, 0.25) is 0 Å². The van der Waals surface area contributed by atoms with Crippen LogP contribution in [-0.4, -0.2) is 17.6 Å². The number of rotatable bonds is 2. The van der Waals surface area contributed by atoms with Crippen molar-refractivity contribution < 1.29 is 0 Å². The average Bonchev–Trinajstić information content (AvgIpc) is 2.61. The summed E-state index contributed by atoms with van der Waals surface area (Å²) in [5.74, 6) is 0. The molecule has 0 aliphatic carbocycles. The smallest absolute Gasteiger partial charge is 0.109 e. The molecule has 1 unspecified atom stereocenters. The number of nitrogens with zero attached hydrogens (tertiary/aromatic N) is 1. The summed E-state index contributed by atoms with van der Waals surface area (Å²) in [6.45, 7) is 1.17. The summed E-state index contributed by atoms with van der Waals surface area (Å²) in [7, 11) is 0. The Morgan fingerprint density at radius 3 is 3.23 bits per heavy atom. The first kappa shape index (κ1) is 9.16. The fourth-order valence-electron chi connectivity index (χ4n) is 1.77. The summed E-state index contributed by atoms with van der Waals surface area (Å²) < 4.78 is 0.990. The predicted octanol–water partition coefficient (Wildman–Crippen LogP) is 2.14. The normalized spacial score (nSPS) is 22.1. The molecule has 70 valence electrons. The molecular weight excluding hydrogens is 228 g/mol. The molecule has 1 aromatic heterocycles. The molecule has 0 spiro atoms. The van der Waals surface area contributed by atoms with Crippen LogP contribution in [0.15, 0.2) is 22.9 Å². The van der Waals surface area contributed by atoms with Crippen molar-refractivity contribution in [1.82, 2.24) is 10.3 Å².